The van der Waals surface area contributed by atoms with E-state index in [1.54, 1.807) is 30.0 Å². The second-order valence-corrected chi connectivity index (χ2v) is 9.07. The van der Waals surface area contributed by atoms with E-state index in [1.807, 2.05) is 66.4 Å². The molecule has 4 aromatic rings. The summed E-state index contributed by atoms with van der Waals surface area (Å²) >= 11 is 0. The van der Waals surface area contributed by atoms with E-state index in [0.717, 1.165) is 29.8 Å². The molecule has 0 unspecified atom stereocenters. The highest BCUT2D eigenvalue weighted by Gasteiger charge is 2.27. The minimum Gasteiger partial charge on any atom is -0.493 e. The van der Waals surface area contributed by atoms with Gasteiger partial charge in [0.25, 0.3) is 11.5 Å². The molecule has 1 aromatic heterocycles. The first kappa shape index (κ1) is 23.5. The van der Waals surface area contributed by atoms with Gasteiger partial charge in [0.15, 0.2) is 11.5 Å². The lowest BCUT2D eigenvalue weighted by Gasteiger charge is -2.30. The van der Waals surface area contributed by atoms with Gasteiger partial charge < -0.3 is 19.3 Å². The van der Waals surface area contributed by atoms with Gasteiger partial charge in [0.05, 0.1) is 30.9 Å². The molecular weight excluding hydrogens is 454 g/mol. The first-order valence-corrected chi connectivity index (χ1v) is 11.9. The Labute approximate surface area is 210 Å². The van der Waals surface area contributed by atoms with E-state index in [1.165, 1.54) is 7.11 Å². The number of pyridine rings is 1. The first-order valence-electron chi connectivity index (χ1n) is 11.9. The third-order valence-corrected chi connectivity index (χ3v) is 6.73. The topological polar surface area (TPSA) is 64.0 Å². The fraction of sp³-hybridized carbons (Fsp3) is 0.241. The van der Waals surface area contributed by atoms with Crippen molar-refractivity contribution in [2.24, 2.45) is 0 Å². The zero-order valence-corrected chi connectivity index (χ0v) is 20.9. The van der Waals surface area contributed by atoms with E-state index < -0.39 is 0 Å². The van der Waals surface area contributed by atoms with Crippen LogP contribution in [0, 0.1) is 0 Å². The molecule has 7 nitrogen and oxygen atoms in total. The summed E-state index contributed by atoms with van der Waals surface area (Å²) in [5.41, 5.74) is 3.87. The highest BCUT2D eigenvalue weighted by Crippen LogP contribution is 2.35. The molecule has 1 amide bonds. The van der Waals surface area contributed by atoms with Crippen molar-refractivity contribution in [1.82, 2.24) is 4.57 Å². The molecule has 0 fully saturated rings. The second kappa shape index (κ2) is 9.41. The van der Waals surface area contributed by atoms with Crippen LogP contribution >= 0.6 is 0 Å². The van der Waals surface area contributed by atoms with Crippen molar-refractivity contribution in [2.45, 2.75) is 12.8 Å². The number of nitrogens with zero attached hydrogens (tertiary/aromatic N) is 3. The Morgan fingerprint density at radius 1 is 0.917 bits per heavy atom. The van der Waals surface area contributed by atoms with E-state index in [0.29, 0.717) is 40.1 Å². The summed E-state index contributed by atoms with van der Waals surface area (Å²) < 4.78 is 12.5. The number of rotatable bonds is 5. The van der Waals surface area contributed by atoms with Crippen molar-refractivity contribution >= 4 is 28.1 Å². The number of benzene rings is 3. The monoisotopic (exact) mass is 483 g/mol. The maximum absolute atomic E-state index is 14.1. The van der Waals surface area contributed by atoms with Crippen molar-refractivity contribution in [3.63, 3.8) is 0 Å². The van der Waals surface area contributed by atoms with Gasteiger partial charge in [-0.3, -0.25) is 14.2 Å². The molecule has 0 bridgehead atoms. The molecule has 0 saturated heterocycles. The minimum absolute atomic E-state index is 0.156. The van der Waals surface area contributed by atoms with Gasteiger partial charge in [0, 0.05) is 43.6 Å². The summed E-state index contributed by atoms with van der Waals surface area (Å²) in [6.07, 6.45) is 3.47. The molecular formula is C29H29N3O4. The lowest BCUT2D eigenvalue weighted by Crippen LogP contribution is -2.36. The predicted molar refractivity (Wildman–Crippen MR) is 143 cm³/mol. The van der Waals surface area contributed by atoms with Crippen LogP contribution in [0.25, 0.3) is 16.5 Å². The maximum Gasteiger partial charge on any atom is 0.263 e. The number of aromatic nitrogens is 1. The average Bonchev–Trinajstić information content (AvgIpc) is 2.92. The van der Waals surface area contributed by atoms with Crippen LogP contribution in [0.4, 0.5) is 11.4 Å². The van der Waals surface area contributed by atoms with Gasteiger partial charge in [-0.05, 0) is 54.8 Å². The quantitative estimate of drug-likeness (QED) is 0.413. The van der Waals surface area contributed by atoms with Gasteiger partial charge in [-0.15, -0.1) is 0 Å². The van der Waals surface area contributed by atoms with E-state index in [4.69, 9.17) is 9.47 Å². The number of hydrogen-bond donors (Lipinski definition) is 0. The summed E-state index contributed by atoms with van der Waals surface area (Å²) in [4.78, 5) is 31.7. The van der Waals surface area contributed by atoms with Crippen LogP contribution in [0.1, 0.15) is 22.3 Å². The fourth-order valence-electron chi connectivity index (χ4n) is 4.84. The summed E-state index contributed by atoms with van der Waals surface area (Å²) in [5, 5.41) is 0.921. The third kappa shape index (κ3) is 3.96. The molecule has 1 aliphatic rings. The number of aryl methyl sites for hydroxylation is 1. The van der Waals surface area contributed by atoms with Gasteiger partial charge in [-0.1, -0.05) is 24.3 Å². The first-order chi connectivity index (χ1) is 17.4. The van der Waals surface area contributed by atoms with Crippen LogP contribution in [0.3, 0.4) is 0 Å². The Bertz CT molecular complexity index is 1520. The van der Waals surface area contributed by atoms with E-state index in [9.17, 15) is 9.59 Å². The lowest BCUT2D eigenvalue weighted by atomic mass is 9.99. The van der Waals surface area contributed by atoms with Crippen LogP contribution in [0.15, 0.2) is 71.7 Å². The van der Waals surface area contributed by atoms with Gasteiger partial charge >= 0.3 is 0 Å². The number of ether oxygens (including phenoxy) is 2. The Hall–Kier alpha value is -4.26. The van der Waals surface area contributed by atoms with Crippen LogP contribution in [0.2, 0.25) is 0 Å². The highest BCUT2D eigenvalue weighted by molar-refractivity contribution is 6.14. The number of fused-ring (bicyclic) bond motifs is 2. The van der Waals surface area contributed by atoms with Crippen LogP contribution < -0.4 is 24.8 Å². The SMILES string of the molecule is COc1cc2c(C(=O)N3CCCc4ccccc43)cn(-c3cccc(N(C)C)c3)c(=O)c2cc1OC. The van der Waals surface area contributed by atoms with Crippen molar-refractivity contribution in [1.29, 1.82) is 0 Å². The van der Waals surface area contributed by atoms with E-state index >= 15 is 0 Å². The van der Waals surface area contributed by atoms with Crippen molar-refractivity contribution in [3.05, 3.63) is 88.3 Å². The Morgan fingerprint density at radius 3 is 2.36 bits per heavy atom. The summed E-state index contributed by atoms with van der Waals surface area (Å²) in [6.45, 7) is 0.611. The highest BCUT2D eigenvalue weighted by atomic mass is 16.5. The van der Waals surface area contributed by atoms with Crippen LogP contribution in [-0.4, -0.2) is 45.3 Å². The molecule has 0 N–H and O–H groups in total. The standard InChI is InChI=1S/C29H29N3O4/c1-30(2)20-11-7-12-21(15-20)32-18-24(22-16-26(35-3)27(36-4)17-23(22)28(32)33)29(34)31-14-8-10-19-9-5-6-13-25(19)31/h5-7,9,11-13,15-18H,8,10,14H2,1-4H3. The number of carbonyl (C=O) groups excluding carboxylic acids is 1. The average molecular weight is 484 g/mol. The molecule has 0 aliphatic carbocycles. The Morgan fingerprint density at radius 2 is 1.64 bits per heavy atom. The number of anilines is 2. The normalized spacial score (nSPS) is 12.8. The number of methoxy groups -OCH3 is 2. The zero-order chi connectivity index (χ0) is 25.4. The molecule has 0 atom stereocenters. The fourth-order valence-corrected chi connectivity index (χ4v) is 4.84. The van der Waals surface area contributed by atoms with Crippen LogP contribution in [0.5, 0.6) is 11.5 Å². The number of amides is 1. The summed E-state index contributed by atoms with van der Waals surface area (Å²) in [7, 11) is 6.97. The number of hydrogen-bond acceptors (Lipinski definition) is 5. The van der Waals surface area contributed by atoms with Crippen molar-refractivity contribution in [2.75, 3.05) is 44.7 Å². The molecule has 1 aliphatic heterocycles. The van der Waals surface area contributed by atoms with Gasteiger partial charge in [-0.25, -0.2) is 0 Å². The molecule has 0 radical (unpaired) electrons. The predicted octanol–water partition coefficient (Wildman–Crippen LogP) is 4.67. The van der Waals surface area contributed by atoms with E-state index in [-0.39, 0.29) is 11.5 Å². The smallest absolute Gasteiger partial charge is 0.263 e. The summed E-state index contributed by atoms with van der Waals surface area (Å²) in [5.74, 6) is 0.741. The second-order valence-electron chi connectivity index (χ2n) is 9.07. The molecule has 5 rings (SSSR count). The minimum atomic E-state index is -0.238. The lowest BCUT2D eigenvalue weighted by molar-refractivity contribution is 0.0986. The van der Waals surface area contributed by atoms with Gasteiger partial charge in [0.1, 0.15) is 0 Å². The molecule has 36 heavy (non-hydrogen) atoms. The Kier molecular flexibility index (Phi) is 6.14. The third-order valence-electron chi connectivity index (χ3n) is 6.73. The molecule has 0 saturated carbocycles. The van der Waals surface area contributed by atoms with Crippen molar-refractivity contribution in [3.8, 4) is 17.2 Å². The molecule has 7 heteroatoms. The number of carbonyl (C=O) groups is 1. The molecule has 0 spiro atoms. The largest absolute Gasteiger partial charge is 0.493 e. The maximum atomic E-state index is 14.1. The van der Waals surface area contributed by atoms with Gasteiger partial charge in [0.2, 0.25) is 0 Å². The summed E-state index contributed by atoms with van der Waals surface area (Å²) in [6, 6.07) is 19.0. The van der Waals surface area contributed by atoms with Gasteiger partial charge in [-0.2, -0.15) is 0 Å². The molecule has 184 valence electrons. The van der Waals surface area contributed by atoms with Crippen molar-refractivity contribution < 1.29 is 14.3 Å². The van der Waals surface area contributed by atoms with Crippen LogP contribution in [-0.2, 0) is 6.42 Å². The Balaban J connectivity index is 1.78. The number of para-hydroxylation sites is 1. The van der Waals surface area contributed by atoms with E-state index in [2.05, 4.69) is 6.07 Å². The zero-order valence-electron chi connectivity index (χ0n) is 20.9. The molecule has 3 aromatic carbocycles. The molecule has 2 heterocycles.